The van der Waals surface area contributed by atoms with E-state index in [1.54, 1.807) is 6.07 Å². The second kappa shape index (κ2) is 7.54. The molecule has 0 aliphatic heterocycles. The first-order valence-corrected chi connectivity index (χ1v) is 7.57. The van der Waals surface area contributed by atoms with Crippen LogP contribution in [-0.2, 0) is 11.2 Å². The summed E-state index contributed by atoms with van der Waals surface area (Å²) < 4.78 is 0. The van der Waals surface area contributed by atoms with E-state index in [0.29, 0.717) is 12.2 Å². The van der Waals surface area contributed by atoms with Gasteiger partial charge in [0.1, 0.15) is 0 Å². The van der Waals surface area contributed by atoms with Crippen LogP contribution in [0.5, 0.6) is 0 Å². The van der Waals surface area contributed by atoms with Crippen LogP contribution in [0, 0.1) is 6.92 Å². The van der Waals surface area contributed by atoms with E-state index in [9.17, 15) is 4.79 Å². The van der Waals surface area contributed by atoms with Gasteiger partial charge >= 0.3 is 0 Å². The average Bonchev–Trinajstić information content (AvgIpc) is 2.52. The van der Waals surface area contributed by atoms with Crippen LogP contribution >= 0.6 is 0 Å². The van der Waals surface area contributed by atoms with Gasteiger partial charge in [0.25, 0.3) is 0 Å². The largest absolute Gasteiger partial charge is 0.356 e. The van der Waals surface area contributed by atoms with Crippen LogP contribution < -0.4 is 10.2 Å². The zero-order valence-electron chi connectivity index (χ0n) is 13.3. The van der Waals surface area contributed by atoms with Crippen molar-refractivity contribution in [2.24, 2.45) is 0 Å². The lowest BCUT2D eigenvalue weighted by atomic mass is 10.1. The lowest BCUT2D eigenvalue weighted by molar-refractivity contribution is -0.115. The highest BCUT2D eigenvalue weighted by Gasteiger charge is 2.08. The predicted octanol–water partition coefficient (Wildman–Crippen LogP) is 2.81. The van der Waals surface area contributed by atoms with E-state index in [-0.39, 0.29) is 5.91 Å². The van der Waals surface area contributed by atoms with Crippen molar-refractivity contribution in [1.82, 2.24) is 10.2 Å². The summed E-state index contributed by atoms with van der Waals surface area (Å²) >= 11 is 0. The van der Waals surface area contributed by atoms with E-state index < -0.39 is 0 Å². The maximum Gasteiger partial charge on any atom is 0.230 e. The van der Waals surface area contributed by atoms with Crippen molar-refractivity contribution in [3.05, 3.63) is 47.5 Å². The van der Waals surface area contributed by atoms with Crippen LogP contribution in [0.4, 0.5) is 11.6 Å². The molecule has 0 aliphatic rings. The van der Waals surface area contributed by atoms with Crippen LogP contribution in [-0.4, -0.2) is 29.2 Å². The molecule has 0 bridgehead atoms. The molecule has 2 aromatic rings. The molecule has 22 heavy (non-hydrogen) atoms. The number of hydrogen-bond donors (Lipinski definition) is 1. The number of benzene rings is 1. The number of aryl methyl sites for hydroxylation is 1. The summed E-state index contributed by atoms with van der Waals surface area (Å²) in [4.78, 5) is 14.2. The number of hydrogen-bond acceptors (Lipinski definition) is 4. The maximum atomic E-state index is 12.1. The van der Waals surface area contributed by atoms with Crippen molar-refractivity contribution in [2.75, 3.05) is 23.3 Å². The van der Waals surface area contributed by atoms with Crippen molar-refractivity contribution >= 4 is 17.5 Å². The number of nitrogens with one attached hydrogen (secondary N) is 1. The van der Waals surface area contributed by atoms with Gasteiger partial charge in [0.05, 0.1) is 6.42 Å². The van der Waals surface area contributed by atoms with Gasteiger partial charge in [-0.3, -0.25) is 4.79 Å². The monoisotopic (exact) mass is 298 g/mol. The standard InChI is InChI=1S/C17H22N4O/c1-4-21(5-2)16-11-10-15(19-20-16)18-17(22)12-14-9-7-6-8-13(14)3/h6-11H,4-5,12H2,1-3H3,(H,18,19,22). The Morgan fingerprint density at radius 1 is 1.09 bits per heavy atom. The molecule has 0 atom stereocenters. The highest BCUT2D eigenvalue weighted by Crippen LogP contribution is 2.12. The number of carbonyl (C=O) groups is 1. The van der Waals surface area contributed by atoms with Gasteiger partial charge in [-0.2, -0.15) is 0 Å². The lowest BCUT2D eigenvalue weighted by Gasteiger charge is -2.18. The van der Waals surface area contributed by atoms with Crippen LogP contribution in [0.25, 0.3) is 0 Å². The maximum absolute atomic E-state index is 12.1. The molecular formula is C17H22N4O. The second-order valence-electron chi connectivity index (χ2n) is 5.10. The van der Waals surface area contributed by atoms with Crippen LogP contribution in [0.1, 0.15) is 25.0 Å². The van der Waals surface area contributed by atoms with Crippen LogP contribution in [0.3, 0.4) is 0 Å². The Balaban J connectivity index is 1.99. The average molecular weight is 298 g/mol. The zero-order chi connectivity index (χ0) is 15.9. The molecule has 1 N–H and O–H groups in total. The van der Waals surface area contributed by atoms with Crippen molar-refractivity contribution < 1.29 is 4.79 Å². The molecule has 0 saturated heterocycles. The topological polar surface area (TPSA) is 58.1 Å². The summed E-state index contributed by atoms with van der Waals surface area (Å²) in [7, 11) is 0. The van der Waals surface area contributed by atoms with Gasteiger partial charge in [-0.05, 0) is 44.0 Å². The third-order valence-corrected chi connectivity index (χ3v) is 3.62. The summed E-state index contributed by atoms with van der Waals surface area (Å²) in [5.41, 5.74) is 2.13. The molecule has 0 radical (unpaired) electrons. The number of amides is 1. The van der Waals surface area contributed by atoms with Gasteiger partial charge in [0.15, 0.2) is 11.6 Å². The van der Waals surface area contributed by atoms with Crippen molar-refractivity contribution in [1.29, 1.82) is 0 Å². The molecule has 0 saturated carbocycles. The summed E-state index contributed by atoms with van der Waals surface area (Å²) in [6.07, 6.45) is 0.339. The Hall–Kier alpha value is -2.43. The first kappa shape index (κ1) is 15.9. The van der Waals surface area contributed by atoms with E-state index in [1.807, 2.05) is 37.3 Å². The molecule has 1 heterocycles. The molecule has 1 amide bonds. The Morgan fingerprint density at radius 3 is 2.41 bits per heavy atom. The molecule has 0 fully saturated rings. The number of nitrogens with zero attached hydrogens (tertiary/aromatic N) is 3. The Kier molecular flexibility index (Phi) is 5.47. The van der Waals surface area contributed by atoms with Crippen LogP contribution in [0.15, 0.2) is 36.4 Å². The summed E-state index contributed by atoms with van der Waals surface area (Å²) in [5, 5.41) is 11.0. The molecule has 1 aromatic heterocycles. The highest BCUT2D eigenvalue weighted by atomic mass is 16.1. The first-order chi connectivity index (χ1) is 10.6. The minimum absolute atomic E-state index is 0.0841. The minimum atomic E-state index is -0.0841. The van der Waals surface area contributed by atoms with E-state index in [0.717, 1.165) is 30.0 Å². The normalized spacial score (nSPS) is 10.3. The van der Waals surface area contributed by atoms with Gasteiger partial charge < -0.3 is 10.2 Å². The van der Waals surface area contributed by atoms with Gasteiger partial charge in [-0.1, -0.05) is 24.3 Å². The van der Waals surface area contributed by atoms with Gasteiger partial charge in [-0.25, -0.2) is 0 Å². The van der Waals surface area contributed by atoms with Crippen molar-refractivity contribution in [3.8, 4) is 0 Å². The Bertz CT molecular complexity index is 621. The molecule has 0 aliphatic carbocycles. The van der Waals surface area contributed by atoms with Gasteiger partial charge in [0, 0.05) is 13.1 Å². The van der Waals surface area contributed by atoms with Gasteiger partial charge in [-0.15, -0.1) is 10.2 Å². The minimum Gasteiger partial charge on any atom is -0.356 e. The molecule has 1 aromatic carbocycles. The second-order valence-corrected chi connectivity index (χ2v) is 5.10. The first-order valence-electron chi connectivity index (χ1n) is 7.57. The third-order valence-electron chi connectivity index (χ3n) is 3.62. The smallest absolute Gasteiger partial charge is 0.230 e. The van der Waals surface area contributed by atoms with E-state index in [2.05, 4.69) is 34.3 Å². The van der Waals surface area contributed by atoms with E-state index in [4.69, 9.17) is 0 Å². The third kappa shape index (κ3) is 4.04. The molecular weight excluding hydrogens is 276 g/mol. The number of anilines is 2. The molecule has 2 rings (SSSR count). The quantitative estimate of drug-likeness (QED) is 0.891. The highest BCUT2D eigenvalue weighted by molar-refractivity contribution is 5.91. The fraction of sp³-hybridized carbons (Fsp3) is 0.353. The summed E-state index contributed by atoms with van der Waals surface area (Å²) in [5.74, 6) is 1.22. The lowest BCUT2D eigenvalue weighted by Crippen LogP contribution is -2.23. The van der Waals surface area contributed by atoms with Crippen molar-refractivity contribution in [3.63, 3.8) is 0 Å². The summed E-state index contributed by atoms with van der Waals surface area (Å²) in [6, 6.07) is 11.5. The van der Waals surface area contributed by atoms with E-state index >= 15 is 0 Å². The summed E-state index contributed by atoms with van der Waals surface area (Å²) in [6.45, 7) is 7.90. The molecule has 116 valence electrons. The Labute approximate surface area is 131 Å². The number of carbonyl (C=O) groups excluding carboxylic acids is 1. The van der Waals surface area contributed by atoms with Crippen LogP contribution in [0.2, 0.25) is 0 Å². The SMILES string of the molecule is CCN(CC)c1ccc(NC(=O)Cc2ccccc2C)nn1. The fourth-order valence-electron chi connectivity index (χ4n) is 2.28. The fourth-order valence-corrected chi connectivity index (χ4v) is 2.28. The molecule has 5 heteroatoms. The van der Waals surface area contributed by atoms with Gasteiger partial charge in [0.2, 0.25) is 5.91 Å². The van der Waals surface area contributed by atoms with Crippen molar-refractivity contribution in [2.45, 2.75) is 27.2 Å². The number of rotatable bonds is 6. The van der Waals surface area contributed by atoms with E-state index in [1.165, 1.54) is 0 Å². The predicted molar refractivity (Wildman–Crippen MR) is 89.1 cm³/mol. The molecule has 0 unspecified atom stereocenters. The number of aromatic nitrogens is 2. The molecule has 5 nitrogen and oxygen atoms in total. The zero-order valence-corrected chi connectivity index (χ0v) is 13.3. The molecule has 0 spiro atoms. The Morgan fingerprint density at radius 2 is 1.82 bits per heavy atom.